The zero-order chi connectivity index (χ0) is 14.7. The highest BCUT2D eigenvalue weighted by Gasteiger charge is 2.34. The summed E-state index contributed by atoms with van der Waals surface area (Å²) in [6, 6.07) is 4.64. The molecule has 1 aliphatic rings. The number of nitrogens with zero attached hydrogens (tertiary/aromatic N) is 1. The lowest BCUT2D eigenvalue weighted by atomic mass is 10.0. The number of benzene rings is 1. The number of amides is 1. The summed E-state index contributed by atoms with van der Waals surface area (Å²) in [4.78, 5) is 14.5. The molecule has 0 saturated heterocycles. The summed E-state index contributed by atoms with van der Waals surface area (Å²) in [5.41, 5.74) is 6.16. The van der Waals surface area contributed by atoms with Crippen LogP contribution in [0.2, 0.25) is 5.02 Å². The highest BCUT2D eigenvalue weighted by molar-refractivity contribution is 6.33. The van der Waals surface area contributed by atoms with Crippen molar-refractivity contribution < 1.29 is 9.90 Å². The molecule has 1 aromatic carbocycles. The maximum atomic E-state index is 12.7. The van der Waals surface area contributed by atoms with Crippen molar-refractivity contribution in [2.24, 2.45) is 11.7 Å². The van der Waals surface area contributed by atoms with Gasteiger partial charge in [-0.1, -0.05) is 18.0 Å². The van der Waals surface area contributed by atoms with E-state index in [9.17, 15) is 9.90 Å². The van der Waals surface area contributed by atoms with Gasteiger partial charge in [0.1, 0.15) is 5.75 Å². The number of hydrogen-bond acceptors (Lipinski definition) is 3. The van der Waals surface area contributed by atoms with Gasteiger partial charge in [0.2, 0.25) is 0 Å². The second-order valence-electron chi connectivity index (χ2n) is 5.25. The first-order chi connectivity index (χ1) is 9.58. The Hall–Kier alpha value is -1.26. The fraction of sp³-hybridized carbons (Fsp3) is 0.533. The van der Waals surface area contributed by atoms with Gasteiger partial charge in [-0.15, -0.1) is 0 Å². The molecule has 5 heteroatoms. The molecule has 2 rings (SSSR count). The van der Waals surface area contributed by atoms with Crippen molar-refractivity contribution in [2.75, 3.05) is 13.1 Å². The fourth-order valence-electron chi connectivity index (χ4n) is 3.06. The topological polar surface area (TPSA) is 66.6 Å². The lowest BCUT2D eigenvalue weighted by Gasteiger charge is -2.32. The molecule has 0 aromatic heterocycles. The summed E-state index contributed by atoms with van der Waals surface area (Å²) < 4.78 is 0. The summed E-state index contributed by atoms with van der Waals surface area (Å²) in [6.45, 7) is 3.18. The van der Waals surface area contributed by atoms with Crippen LogP contribution in [-0.4, -0.2) is 35.0 Å². The number of carbonyl (C=O) groups is 1. The van der Waals surface area contributed by atoms with Crippen LogP contribution in [0.1, 0.15) is 36.5 Å². The van der Waals surface area contributed by atoms with Gasteiger partial charge in [-0.25, -0.2) is 0 Å². The van der Waals surface area contributed by atoms with Crippen LogP contribution in [-0.2, 0) is 0 Å². The van der Waals surface area contributed by atoms with Gasteiger partial charge in [-0.05, 0) is 50.4 Å². The van der Waals surface area contributed by atoms with Crippen molar-refractivity contribution in [3.05, 3.63) is 28.8 Å². The highest BCUT2D eigenvalue weighted by Crippen LogP contribution is 2.31. The molecule has 1 saturated carbocycles. The average molecular weight is 297 g/mol. The van der Waals surface area contributed by atoms with Gasteiger partial charge in [-0.2, -0.15) is 0 Å². The summed E-state index contributed by atoms with van der Waals surface area (Å²) >= 11 is 6.09. The van der Waals surface area contributed by atoms with Crippen LogP contribution in [0.25, 0.3) is 0 Å². The quantitative estimate of drug-likeness (QED) is 0.897. The van der Waals surface area contributed by atoms with Crippen molar-refractivity contribution in [2.45, 2.75) is 32.2 Å². The number of halogens is 1. The van der Waals surface area contributed by atoms with E-state index >= 15 is 0 Å². The number of carbonyl (C=O) groups excluding carboxylic acids is 1. The lowest BCUT2D eigenvalue weighted by Crippen LogP contribution is -2.44. The monoisotopic (exact) mass is 296 g/mol. The standard InChI is InChI=1S/C15H21ClN2O2/c1-2-18(14-5-3-4-10(14)9-17)15(20)12-8-11(19)6-7-13(12)16/h6-8,10,14,19H,2-5,9,17H2,1H3. The molecule has 0 heterocycles. The Morgan fingerprint density at radius 1 is 1.50 bits per heavy atom. The molecule has 2 atom stereocenters. The van der Waals surface area contributed by atoms with E-state index in [0.717, 1.165) is 19.3 Å². The van der Waals surface area contributed by atoms with Crippen molar-refractivity contribution >= 4 is 17.5 Å². The second-order valence-corrected chi connectivity index (χ2v) is 5.66. The number of aromatic hydroxyl groups is 1. The highest BCUT2D eigenvalue weighted by atomic mass is 35.5. The molecule has 0 spiro atoms. The second kappa shape index (κ2) is 6.46. The van der Waals surface area contributed by atoms with Crippen molar-refractivity contribution in [3.63, 3.8) is 0 Å². The van der Waals surface area contributed by atoms with Crippen LogP contribution < -0.4 is 5.73 Å². The Morgan fingerprint density at radius 2 is 2.25 bits per heavy atom. The summed E-state index contributed by atoms with van der Waals surface area (Å²) in [7, 11) is 0. The van der Waals surface area contributed by atoms with Gasteiger partial charge < -0.3 is 15.7 Å². The normalized spacial score (nSPS) is 21.9. The molecule has 1 fully saturated rings. The first-order valence-corrected chi connectivity index (χ1v) is 7.45. The number of phenols is 1. The largest absolute Gasteiger partial charge is 0.508 e. The van der Waals surface area contributed by atoms with Crippen LogP contribution >= 0.6 is 11.6 Å². The maximum absolute atomic E-state index is 12.7. The van der Waals surface area contributed by atoms with E-state index in [2.05, 4.69) is 0 Å². The van der Waals surface area contributed by atoms with E-state index in [0.29, 0.717) is 29.6 Å². The Balaban J connectivity index is 2.27. The van der Waals surface area contributed by atoms with E-state index in [1.54, 1.807) is 6.07 Å². The third-order valence-corrected chi connectivity index (χ3v) is 4.43. The third kappa shape index (κ3) is 2.91. The molecule has 0 bridgehead atoms. The maximum Gasteiger partial charge on any atom is 0.255 e. The van der Waals surface area contributed by atoms with Gasteiger partial charge in [0.15, 0.2) is 0 Å². The number of hydrogen-bond donors (Lipinski definition) is 2. The van der Waals surface area contributed by atoms with E-state index in [-0.39, 0.29) is 17.7 Å². The van der Waals surface area contributed by atoms with Gasteiger partial charge in [-0.3, -0.25) is 4.79 Å². The molecule has 1 aromatic rings. The molecule has 2 unspecified atom stereocenters. The molecule has 0 radical (unpaired) electrons. The number of phenolic OH excluding ortho intramolecular Hbond substituents is 1. The van der Waals surface area contributed by atoms with Crippen LogP contribution in [0.15, 0.2) is 18.2 Å². The zero-order valence-electron chi connectivity index (χ0n) is 11.7. The van der Waals surface area contributed by atoms with Crippen molar-refractivity contribution in [1.82, 2.24) is 4.90 Å². The predicted octanol–water partition coefficient (Wildman–Crippen LogP) is 2.64. The van der Waals surface area contributed by atoms with Gasteiger partial charge >= 0.3 is 0 Å². The molecular weight excluding hydrogens is 276 g/mol. The first kappa shape index (κ1) is 15.1. The summed E-state index contributed by atoms with van der Waals surface area (Å²) in [5, 5.41) is 9.92. The van der Waals surface area contributed by atoms with Crippen LogP contribution in [0.3, 0.4) is 0 Å². The molecular formula is C15H21ClN2O2. The van der Waals surface area contributed by atoms with Gasteiger partial charge in [0.25, 0.3) is 5.91 Å². The van der Waals surface area contributed by atoms with E-state index in [1.807, 2.05) is 11.8 Å². The number of nitrogens with two attached hydrogens (primary N) is 1. The van der Waals surface area contributed by atoms with E-state index in [4.69, 9.17) is 17.3 Å². The third-order valence-electron chi connectivity index (χ3n) is 4.10. The molecule has 110 valence electrons. The van der Waals surface area contributed by atoms with E-state index in [1.165, 1.54) is 12.1 Å². The molecule has 1 aliphatic carbocycles. The first-order valence-electron chi connectivity index (χ1n) is 7.08. The van der Waals surface area contributed by atoms with Crippen molar-refractivity contribution in [3.8, 4) is 5.75 Å². The Kier molecular flexibility index (Phi) is 4.89. The zero-order valence-corrected chi connectivity index (χ0v) is 12.4. The minimum absolute atomic E-state index is 0.0515. The minimum atomic E-state index is -0.126. The average Bonchev–Trinajstić information content (AvgIpc) is 2.90. The summed E-state index contributed by atoms with van der Waals surface area (Å²) in [6.07, 6.45) is 3.15. The molecule has 20 heavy (non-hydrogen) atoms. The smallest absolute Gasteiger partial charge is 0.255 e. The lowest BCUT2D eigenvalue weighted by molar-refractivity contribution is 0.0652. The molecule has 4 nitrogen and oxygen atoms in total. The van der Waals surface area contributed by atoms with Crippen LogP contribution in [0.4, 0.5) is 0 Å². The SMILES string of the molecule is CCN(C(=O)c1cc(O)ccc1Cl)C1CCCC1CN. The van der Waals surface area contributed by atoms with Gasteiger partial charge in [0.05, 0.1) is 10.6 Å². The predicted molar refractivity (Wildman–Crippen MR) is 80.0 cm³/mol. The van der Waals surface area contributed by atoms with E-state index < -0.39 is 0 Å². The van der Waals surface area contributed by atoms with Crippen molar-refractivity contribution in [1.29, 1.82) is 0 Å². The Morgan fingerprint density at radius 3 is 2.90 bits per heavy atom. The fourth-order valence-corrected chi connectivity index (χ4v) is 3.26. The Bertz CT molecular complexity index is 493. The summed E-state index contributed by atoms with van der Waals surface area (Å²) in [5.74, 6) is 0.282. The van der Waals surface area contributed by atoms with Gasteiger partial charge in [0, 0.05) is 12.6 Å². The molecule has 1 amide bonds. The minimum Gasteiger partial charge on any atom is -0.508 e. The molecule has 0 aliphatic heterocycles. The van der Waals surface area contributed by atoms with Crippen LogP contribution in [0, 0.1) is 5.92 Å². The number of rotatable bonds is 4. The van der Waals surface area contributed by atoms with Crippen LogP contribution in [0.5, 0.6) is 5.75 Å². The molecule has 3 N–H and O–H groups in total. The Labute approximate surface area is 124 Å².